The molecule has 4 rings (SSSR count). The number of likely N-dealkylation sites (tertiary alicyclic amines) is 1. The lowest BCUT2D eigenvalue weighted by Crippen LogP contribution is -2.45. The van der Waals surface area contributed by atoms with Crippen molar-refractivity contribution in [3.05, 3.63) is 64.8 Å². The van der Waals surface area contributed by atoms with E-state index in [4.69, 9.17) is 4.74 Å². The smallest absolute Gasteiger partial charge is 0.271 e. The number of aromatic nitrogens is 1. The second kappa shape index (κ2) is 5.96. The molecule has 1 atom stereocenters. The molecule has 1 aliphatic rings. The van der Waals surface area contributed by atoms with E-state index in [0.717, 1.165) is 40.7 Å². The molecule has 0 bridgehead atoms. The standard InChI is InChI=1S/C21H22N2O2/c1-13-7-8-18-17(11-13)14(2)20(22-18)21(24)23-10-9-19(23)15-5-4-6-16(12-15)25-3/h4-8,11-12,19,22H,9-10H2,1-3H3/t19-/m1/s1. The van der Waals surface area contributed by atoms with Crippen molar-refractivity contribution in [1.29, 1.82) is 0 Å². The van der Waals surface area contributed by atoms with Gasteiger partial charge in [0.2, 0.25) is 0 Å². The Morgan fingerprint density at radius 2 is 2.04 bits per heavy atom. The zero-order valence-corrected chi connectivity index (χ0v) is 14.8. The summed E-state index contributed by atoms with van der Waals surface area (Å²) in [5.74, 6) is 0.902. The number of methoxy groups -OCH3 is 1. The van der Waals surface area contributed by atoms with E-state index in [9.17, 15) is 4.79 Å². The number of aromatic amines is 1. The molecule has 0 aliphatic carbocycles. The first kappa shape index (κ1) is 15.8. The zero-order valence-electron chi connectivity index (χ0n) is 14.8. The van der Waals surface area contributed by atoms with Crippen LogP contribution in [-0.4, -0.2) is 29.4 Å². The number of amides is 1. The van der Waals surface area contributed by atoms with Crippen LogP contribution in [-0.2, 0) is 0 Å². The van der Waals surface area contributed by atoms with Crippen molar-refractivity contribution in [3.8, 4) is 5.75 Å². The summed E-state index contributed by atoms with van der Waals surface area (Å²) in [4.78, 5) is 18.4. The van der Waals surface area contributed by atoms with E-state index in [1.54, 1.807) is 7.11 Å². The molecular weight excluding hydrogens is 312 g/mol. The number of rotatable bonds is 3. The minimum atomic E-state index is 0.0745. The molecule has 0 radical (unpaired) electrons. The predicted octanol–water partition coefficient (Wildman–Crippen LogP) is 4.38. The summed E-state index contributed by atoms with van der Waals surface area (Å²) in [6.45, 7) is 4.88. The number of aryl methyl sites for hydroxylation is 2. The largest absolute Gasteiger partial charge is 0.497 e. The first-order chi connectivity index (χ1) is 12.1. The number of hydrogen-bond acceptors (Lipinski definition) is 2. The molecule has 0 saturated carbocycles. The molecule has 1 aromatic heterocycles. The SMILES string of the molecule is COc1cccc([C@H]2CCN2C(=O)c2[nH]c3ccc(C)cc3c2C)c1. The maximum Gasteiger partial charge on any atom is 0.271 e. The van der Waals surface area contributed by atoms with Crippen LogP contribution in [0.1, 0.15) is 39.6 Å². The monoisotopic (exact) mass is 334 g/mol. The molecule has 3 aromatic rings. The van der Waals surface area contributed by atoms with Gasteiger partial charge in [-0.1, -0.05) is 23.8 Å². The van der Waals surface area contributed by atoms with Gasteiger partial charge < -0.3 is 14.6 Å². The topological polar surface area (TPSA) is 45.3 Å². The van der Waals surface area contributed by atoms with Gasteiger partial charge in [-0.05, 0) is 55.7 Å². The number of nitrogens with one attached hydrogen (secondary N) is 1. The van der Waals surface area contributed by atoms with Crippen molar-refractivity contribution in [2.45, 2.75) is 26.3 Å². The molecule has 1 fully saturated rings. The third kappa shape index (κ3) is 2.58. The van der Waals surface area contributed by atoms with Crippen LogP contribution in [0.5, 0.6) is 5.75 Å². The lowest BCUT2D eigenvalue weighted by atomic mass is 9.93. The Hall–Kier alpha value is -2.75. The highest BCUT2D eigenvalue weighted by molar-refractivity contribution is 6.01. The highest BCUT2D eigenvalue weighted by Crippen LogP contribution is 2.36. The number of carbonyl (C=O) groups excluding carboxylic acids is 1. The van der Waals surface area contributed by atoms with Crippen molar-refractivity contribution in [3.63, 3.8) is 0 Å². The Kier molecular flexibility index (Phi) is 3.75. The summed E-state index contributed by atoms with van der Waals surface area (Å²) in [6, 6.07) is 14.4. The van der Waals surface area contributed by atoms with Gasteiger partial charge >= 0.3 is 0 Å². The third-order valence-electron chi connectivity index (χ3n) is 5.19. The Morgan fingerprint density at radius 3 is 2.76 bits per heavy atom. The maximum absolute atomic E-state index is 13.1. The number of nitrogens with zero attached hydrogens (tertiary/aromatic N) is 1. The van der Waals surface area contributed by atoms with Crippen molar-refractivity contribution in [2.75, 3.05) is 13.7 Å². The number of ether oxygens (including phenoxy) is 1. The van der Waals surface area contributed by atoms with E-state index in [2.05, 4.69) is 30.1 Å². The molecule has 4 nitrogen and oxygen atoms in total. The first-order valence-corrected chi connectivity index (χ1v) is 8.62. The molecule has 1 amide bonds. The Morgan fingerprint density at radius 1 is 1.20 bits per heavy atom. The van der Waals surface area contributed by atoms with Crippen LogP contribution in [0, 0.1) is 13.8 Å². The van der Waals surface area contributed by atoms with Gasteiger partial charge in [0.25, 0.3) is 5.91 Å². The van der Waals surface area contributed by atoms with Gasteiger partial charge in [-0.3, -0.25) is 4.79 Å². The van der Waals surface area contributed by atoms with E-state index in [1.807, 2.05) is 36.1 Å². The van der Waals surface area contributed by atoms with E-state index in [0.29, 0.717) is 5.69 Å². The number of fused-ring (bicyclic) bond motifs is 1. The van der Waals surface area contributed by atoms with Gasteiger partial charge in [0, 0.05) is 17.4 Å². The lowest BCUT2D eigenvalue weighted by molar-refractivity contribution is 0.0454. The molecule has 2 heterocycles. The first-order valence-electron chi connectivity index (χ1n) is 8.62. The Balaban J connectivity index is 1.66. The van der Waals surface area contributed by atoms with Gasteiger partial charge in [0.1, 0.15) is 11.4 Å². The van der Waals surface area contributed by atoms with Crippen LogP contribution in [0.4, 0.5) is 0 Å². The number of hydrogen-bond donors (Lipinski definition) is 1. The lowest BCUT2D eigenvalue weighted by Gasteiger charge is -2.41. The molecule has 1 saturated heterocycles. The molecule has 0 spiro atoms. The average Bonchev–Trinajstić information content (AvgIpc) is 2.90. The highest BCUT2D eigenvalue weighted by Gasteiger charge is 2.35. The van der Waals surface area contributed by atoms with Crippen LogP contribution in [0.25, 0.3) is 10.9 Å². The fourth-order valence-corrected chi connectivity index (χ4v) is 3.62. The van der Waals surface area contributed by atoms with Gasteiger partial charge in [-0.2, -0.15) is 0 Å². The van der Waals surface area contributed by atoms with Gasteiger partial charge in [0.05, 0.1) is 13.2 Å². The number of H-pyrrole nitrogens is 1. The van der Waals surface area contributed by atoms with Crippen LogP contribution >= 0.6 is 0 Å². The molecule has 1 aliphatic heterocycles. The Labute approximate surface area is 147 Å². The van der Waals surface area contributed by atoms with Gasteiger partial charge in [-0.15, -0.1) is 0 Å². The second-order valence-corrected chi connectivity index (χ2v) is 6.75. The van der Waals surface area contributed by atoms with E-state index >= 15 is 0 Å². The number of benzene rings is 2. The van der Waals surface area contributed by atoms with Crippen molar-refractivity contribution in [1.82, 2.24) is 9.88 Å². The summed E-state index contributed by atoms with van der Waals surface area (Å²) in [7, 11) is 1.67. The second-order valence-electron chi connectivity index (χ2n) is 6.75. The van der Waals surface area contributed by atoms with E-state index in [1.165, 1.54) is 5.56 Å². The minimum absolute atomic E-state index is 0.0745. The van der Waals surface area contributed by atoms with Crippen molar-refractivity contribution >= 4 is 16.8 Å². The molecule has 4 heteroatoms. The van der Waals surface area contributed by atoms with Gasteiger partial charge in [-0.25, -0.2) is 0 Å². The van der Waals surface area contributed by atoms with Crippen LogP contribution < -0.4 is 4.74 Å². The van der Waals surface area contributed by atoms with E-state index in [-0.39, 0.29) is 11.9 Å². The highest BCUT2D eigenvalue weighted by atomic mass is 16.5. The summed E-state index contributed by atoms with van der Waals surface area (Å²) >= 11 is 0. The third-order valence-corrected chi connectivity index (χ3v) is 5.19. The molecular formula is C21H22N2O2. The summed E-state index contributed by atoms with van der Waals surface area (Å²) in [5, 5.41) is 1.13. The minimum Gasteiger partial charge on any atom is -0.497 e. The maximum atomic E-state index is 13.1. The molecule has 1 N–H and O–H groups in total. The fourth-order valence-electron chi connectivity index (χ4n) is 3.62. The average molecular weight is 334 g/mol. The quantitative estimate of drug-likeness (QED) is 0.772. The van der Waals surface area contributed by atoms with E-state index < -0.39 is 0 Å². The zero-order chi connectivity index (χ0) is 17.6. The van der Waals surface area contributed by atoms with Crippen LogP contribution in [0.2, 0.25) is 0 Å². The molecule has 128 valence electrons. The summed E-state index contributed by atoms with van der Waals surface area (Å²) in [6.07, 6.45) is 0.983. The summed E-state index contributed by atoms with van der Waals surface area (Å²) < 4.78 is 5.31. The molecule has 2 aromatic carbocycles. The molecule has 25 heavy (non-hydrogen) atoms. The van der Waals surface area contributed by atoms with Crippen LogP contribution in [0.15, 0.2) is 42.5 Å². The van der Waals surface area contributed by atoms with Crippen LogP contribution in [0.3, 0.4) is 0 Å². The van der Waals surface area contributed by atoms with Crippen molar-refractivity contribution < 1.29 is 9.53 Å². The molecule has 0 unspecified atom stereocenters. The van der Waals surface area contributed by atoms with Crippen molar-refractivity contribution in [2.24, 2.45) is 0 Å². The summed E-state index contributed by atoms with van der Waals surface area (Å²) in [5.41, 5.74) is 5.08. The normalized spacial score (nSPS) is 16.8. The number of carbonyl (C=O) groups is 1. The van der Waals surface area contributed by atoms with Gasteiger partial charge in [0.15, 0.2) is 0 Å². The predicted molar refractivity (Wildman–Crippen MR) is 99.2 cm³/mol. The Bertz CT molecular complexity index is 958. The fraction of sp³-hybridized carbons (Fsp3) is 0.286.